The molecule has 0 bridgehead atoms. The van der Waals surface area contributed by atoms with Crippen molar-refractivity contribution in [3.63, 3.8) is 0 Å². The summed E-state index contributed by atoms with van der Waals surface area (Å²) in [6.45, 7) is 3.14. The number of nitrogens with one attached hydrogen (secondary N) is 1. The Morgan fingerprint density at radius 3 is 2.33 bits per heavy atom. The normalized spacial score (nSPS) is 14.7. The van der Waals surface area contributed by atoms with Crippen LogP contribution in [0.5, 0.6) is 0 Å². The van der Waals surface area contributed by atoms with Crippen LogP contribution in [-0.4, -0.2) is 25.4 Å². The van der Waals surface area contributed by atoms with E-state index < -0.39 is 24.7 Å². The van der Waals surface area contributed by atoms with Gasteiger partial charge in [0.15, 0.2) is 5.54 Å². The molecule has 1 atom stereocenters. The van der Waals surface area contributed by atoms with Crippen LogP contribution in [0, 0.1) is 11.3 Å². The average molecular weight is 300 g/mol. The highest BCUT2D eigenvalue weighted by molar-refractivity contribution is 5.31. The summed E-state index contributed by atoms with van der Waals surface area (Å²) in [6.07, 6.45) is -5.28. The molecule has 0 aliphatic carbocycles. The number of nitrogens with zero attached hydrogens (tertiary/aromatic N) is 1. The first-order valence-electron chi connectivity index (χ1n) is 6.68. The van der Waals surface area contributed by atoms with Gasteiger partial charge in [-0.3, -0.25) is 5.32 Å². The zero-order valence-corrected chi connectivity index (χ0v) is 12.1. The molecule has 1 aromatic rings. The van der Waals surface area contributed by atoms with Gasteiger partial charge in [-0.1, -0.05) is 30.3 Å². The number of nitriles is 1. The molecule has 0 radical (unpaired) electrons. The van der Waals surface area contributed by atoms with E-state index in [2.05, 4.69) is 11.4 Å². The first kappa shape index (κ1) is 17.5. The predicted molar refractivity (Wildman–Crippen MR) is 73.5 cm³/mol. The van der Waals surface area contributed by atoms with Gasteiger partial charge in [0.2, 0.25) is 0 Å². The number of benzene rings is 1. The molecule has 116 valence electrons. The third kappa shape index (κ3) is 5.74. The van der Waals surface area contributed by atoms with Crippen LogP contribution in [0.1, 0.15) is 25.8 Å². The van der Waals surface area contributed by atoms with Gasteiger partial charge in [0.05, 0.1) is 25.7 Å². The molecule has 3 nitrogen and oxygen atoms in total. The van der Waals surface area contributed by atoms with Crippen LogP contribution >= 0.6 is 0 Å². The molecule has 0 amide bonds. The van der Waals surface area contributed by atoms with Crippen LogP contribution < -0.4 is 5.32 Å². The minimum atomic E-state index is -4.26. The van der Waals surface area contributed by atoms with E-state index in [1.54, 1.807) is 24.3 Å². The fourth-order valence-electron chi connectivity index (χ4n) is 1.97. The number of rotatable bonds is 7. The van der Waals surface area contributed by atoms with Crippen molar-refractivity contribution in [3.05, 3.63) is 35.9 Å². The van der Waals surface area contributed by atoms with E-state index >= 15 is 0 Å². The molecular weight excluding hydrogens is 281 g/mol. The molecule has 0 saturated heterocycles. The Kier molecular flexibility index (Phi) is 6.19. The Labute approximate surface area is 122 Å². The van der Waals surface area contributed by atoms with Gasteiger partial charge in [0.1, 0.15) is 0 Å². The van der Waals surface area contributed by atoms with Crippen LogP contribution in [-0.2, 0) is 10.3 Å². The second kappa shape index (κ2) is 7.43. The number of hydrogen-bond acceptors (Lipinski definition) is 3. The molecule has 21 heavy (non-hydrogen) atoms. The van der Waals surface area contributed by atoms with E-state index in [4.69, 9.17) is 4.74 Å². The summed E-state index contributed by atoms with van der Waals surface area (Å²) in [5, 5.41) is 12.6. The summed E-state index contributed by atoms with van der Waals surface area (Å²) in [7, 11) is 0. The van der Waals surface area contributed by atoms with Crippen molar-refractivity contribution >= 4 is 0 Å². The van der Waals surface area contributed by atoms with Gasteiger partial charge in [-0.05, 0) is 19.4 Å². The molecule has 1 N–H and O–H groups in total. The fourth-order valence-corrected chi connectivity index (χ4v) is 1.97. The van der Waals surface area contributed by atoms with Crippen LogP contribution in [0.2, 0.25) is 0 Å². The summed E-state index contributed by atoms with van der Waals surface area (Å²) < 4.78 is 41.5. The quantitative estimate of drug-likeness (QED) is 0.785. The molecule has 1 aromatic carbocycles. The molecular formula is C15H19F3N2O. The van der Waals surface area contributed by atoms with E-state index in [1.807, 2.05) is 19.9 Å². The lowest BCUT2D eigenvalue weighted by Gasteiger charge is -2.30. The molecule has 1 unspecified atom stereocenters. The predicted octanol–water partition coefficient (Wildman–Crippen LogP) is 3.37. The Balaban J connectivity index is 2.81. The smallest absolute Gasteiger partial charge is 0.378 e. The standard InChI is InChI=1S/C15H19F3N2O/c1-12(2)20-14(10-19,13-6-4-3-5-7-13)11-21-9-8-15(16,17)18/h3-7,12,20H,8-9,11H2,1-2H3. The van der Waals surface area contributed by atoms with Gasteiger partial charge >= 0.3 is 6.18 Å². The second-order valence-corrected chi connectivity index (χ2v) is 5.10. The van der Waals surface area contributed by atoms with Crippen molar-refractivity contribution in [2.45, 2.75) is 38.0 Å². The van der Waals surface area contributed by atoms with E-state index in [-0.39, 0.29) is 12.6 Å². The Morgan fingerprint density at radius 1 is 1.24 bits per heavy atom. The fraction of sp³-hybridized carbons (Fsp3) is 0.533. The van der Waals surface area contributed by atoms with E-state index in [1.165, 1.54) is 0 Å². The lowest BCUT2D eigenvalue weighted by molar-refractivity contribution is -0.146. The second-order valence-electron chi connectivity index (χ2n) is 5.10. The first-order valence-corrected chi connectivity index (χ1v) is 6.68. The summed E-state index contributed by atoms with van der Waals surface area (Å²) in [5.74, 6) is 0. The van der Waals surface area contributed by atoms with Crippen molar-refractivity contribution in [3.8, 4) is 6.07 Å². The number of hydrogen-bond donors (Lipinski definition) is 1. The van der Waals surface area contributed by atoms with Crippen LogP contribution in [0.25, 0.3) is 0 Å². The summed E-state index contributed by atoms with van der Waals surface area (Å²) in [4.78, 5) is 0. The number of ether oxygens (including phenoxy) is 1. The van der Waals surface area contributed by atoms with Crippen molar-refractivity contribution in [1.29, 1.82) is 5.26 Å². The van der Waals surface area contributed by atoms with Crippen LogP contribution in [0.3, 0.4) is 0 Å². The maximum absolute atomic E-state index is 12.1. The molecule has 0 aromatic heterocycles. The molecule has 0 heterocycles. The Bertz CT molecular complexity index is 468. The van der Waals surface area contributed by atoms with E-state index in [0.29, 0.717) is 5.56 Å². The molecule has 6 heteroatoms. The van der Waals surface area contributed by atoms with Crippen LogP contribution in [0.15, 0.2) is 30.3 Å². The van der Waals surface area contributed by atoms with Crippen LogP contribution in [0.4, 0.5) is 13.2 Å². The molecule has 1 rings (SSSR count). The summed E-state index contributed by atoms with van der Waals surface area (Å²) in [6, 6.07) is 11.0. The maximum Gasteiger partial charge on any atom is 0.391 e. The average Bonchev–Trinajstić information content (AvgIpc) is 2.42. The molecule has 0 aliphatic heterocycles. The Morgan fingerprint density at radius 2 is 1.86 bits per heavy atom. The SMILES string of the molecule is CC(C)NC(C#N)(COCCC(F)(F)F)c1ccccc1. The topological polar surface area (TPSA) is 45.0 Å². The van der Waals surface area contributed by atoms with Gasteiger partial charge in [-0.25, -0.2) is 0 Å². The lowest BCUT2D eigenvalue weighted by atomic mass is 9.91. The van der Waals surface area contributed by atoms with Crippen molar-refractivity contribution in [2.24, 2.45) is 0 Å². The first-order chi connectivity index (χ1) is 9.79. The summed E-state index contributed by atoms with van der Waals surface area (Å²) in [5.41, 5.74) is -0.477. The lowest BCUT2D eigenvalue weighted by Crippen LogP contribution is -2.48. The zero-order chi connectivity index (χ0) is 15.9. The molecule has 0 fully saturated rings. The van der Waals surface area contributed by atoms with Gasteiger partial charge in [0.25, 0.3) is 0 Å². The van der Waals surface area contributed by atoms with Gasteiger partial charge in [-0.15, -0.1) is 0 Å². The van der Waals surface area contributed by atoms with E-state index in [0.717, 1.165) is 0 Å². The number of halogens is 3. The van der Waals surface area contributed by atoms with Gasteiger partial charge in [0, 0.05) is 6.04 Å². The maximum atomic E-state index is 12.1. The van der Waals surface area contributed by atoms with Crippen molar-refractivity contribution in [2.75, 3.05) is 13.2 Å². The monoisotopic (exact) mass is 300 g/mol. The highest BCUT2D eigenvalue weighted by atomic mass is 19.4. The van der Waals surface area contributed by atoms with Crippen molar-refractivity contribution in [1.82, 2.24) is 5.32 Å². The minimum absolute atomic E-state index is 0.0175. The highest BCUT2D eigenvalue weighted by Crippen LogP contribution is 2.23. The van der Waals surface area contributed by atoms with Crippen molar-refractivity contribution < 1.29 is 17.9 Å². The molecule has 0 aliphatic rings. The third-order valence-corrected chi connectivity index (χ3v) is 2.84. The van der Waals surface area contributed by atoms with Gasteiger partial charge in [-0.2, -0.15) is 18.4 Å². The highest BCUT2D eigenvalue weighted by Gasteiger charge is 2.34. The Hall–Kier alpha value is -1.58. The largest absolute Gasteiger partial charge is 0.391 e. The number of alkyl halides is 3. The zero-order valence-electron chi connectivity index (χ0n) is 12.1. The van der Waals surface area contributed by atoms with E-state index in [9.17, 15) is 18.4 Å². The molecule has 0 saturated carbocycles. The minimum Gasteiger partial charge on any atom is -0.378 e. The third-order valence-electron chi connectivity index (χ3n) is 2.84. The summed E-state index contributed by atoms with van der Waals surface area (Å²) >= 11 is 0. The van der Waals surface area contributed by atoms with Gasteiger partial charge < -0.3 is 4.74 Å². The molecule has 0 spiro atoms.